The fourth-order valence-electron chi connectivity index (χ4n) is 1.63. The molecule has 0 bridgehead atoms. The van der Waals surface area contributed by atoms with Crippen LogP contribution in [0.15, 0.2) is 48.5 Å². The number of halogens is 4. The quantitative estimate of drug-likeness (QED) is 0.740. The van der Waals surface area contributed by atoms with Crippen LogP contribution in [-0.4, -0.2) is 18.7 Å². The molecule has 3 nitrogen and oxygen atoms in total. The predicted molar refractivity (Wildman–Crippen MR) is 85.1 cm³/mol. The lowest BCUT2D eigenvalue weighted by Crippen LogP contribution is -2.19. The molecule has 0 aromatic heterocycles. The van der Waals surface area contributed by atoms with E-state index in [0.29, 0.717) is 11.3 Å². The second-order valence-corrected chi connectivity index (χ2v) is 5.64. The van der Waals surface area contributed by atoms with Gasteiger partial charge >= 0.3 is 6.18 Å². The molecule has 116 valence electrons. The molecule has 0 heterocycles. The van der Waals surface area contributed by atoms with Crippen molar-refractivity contribution in [1.29, 1.82) is 0 Å². The minimum absolute atomic E-state index is 0.0396. The smallest absolute Gasteiger partial charge is 0.422 e. The van der Waals surface area contributed by atoms with E-state index in [1.807, 2.05) is 0 Å². The molecule has 2 aromatic carbocycles. The number of rotatable bonds is 4. The van der Waals surface area contributed by atoms with Gasteiger partial charge < -0.3 is 10.1 Å². The SMILES string of the molecule is O=C(Nc1cccc(OCC(F)(F)F)c1)c1ccc(I)cc1. The monoisotopic (exact) mass is 421 g/mol. The molecule has 7 heteroatoms. The number of hydrogen-bond donors (Lipinski definition) is 1. The molecule has 0 radical (unpaired) electrons. The van der Waals surface area contributed by atoms with Gasteiger partial charge in [-0.15, -0.1) is 0 Å². The summed E-state index contributed by atoms with van der Waals surface area (Å²) in [6, 6.07) is 12.7. The molecular formula is C15H11F3INO2. The maximum Gasteiger partial charge on any atom is 0.422 e. The summed E-state index contributed by atoms with van der Waals surface area (Å²) in [5.41, 5.74) is 0.824. The lowest BCUT2D eigenvalue weighted by molar-refractivity contribution is -0.153. The van der Waals surface area contributed by atoms with Crippen molar-refractivity contribution in [3.05, 3.63) is 57.7 Å². The Labute approximate surface area is 138 Å². The van der Waals surface area contributed by atoms with Gasteiger partial charge in [0.25, 0.3) is 5.91 Å². The van der Waals surface area contributed by atoms with Crippen LogP contribution < -0.4 is 10.1 Å². The normalized spacial score (nSPS) is 11.1. The Morgan fingerprint density at radius 2 is 1.82 bits per heavy atom. The van der Waals surface area contributed by atoms with Crippen LogP contribution >= 0.6 is 22.6 Å². The van der Waals surface area contributed by atoms with E-state index in [0.717, 1.165) is 3.57 Å². The second kappa shape index (κ2) is 6.99. The molecule has 0 unspecified atom stereocenters. The fourth-order valence-corrected chi connectivity index (χ4v) is 1.99. The Morgan fingerprint density at radius 1 is 1.14 bits per heavy atom. The number of benzene rings is 2. The Hall–Kier alpha value is -1.77. The van der Waals surface area contributed by atoms with E-state index < -0.39 is 12.8 Å². The van der Waals surface area contributed by atoms with Crippen LogP contribution in [0.3, 0.4) is 0 Å². The van der Waals surface area contributed by atoms with Crippen molar-refractivity contribution in [3.8, 4) is 5.75 Å². The van der Waals surface area contributed by atoms with Crippen molar-refractivity contribution < 1.29 is 22.7 Å². The second-order valence-electron chi connectivity index (χ2n) is 4.39. The average Bonchev–Trinajstić information content (AvgIpc) is 2.45. The zero-order chi connectivity index (χ0) is 16.2. The van der Waals surface area contributed by atoms with E-state index in [-0.39, 0.29) is 11.7 Å². The molecule has 0 atom stereocenters. The minimum atomic E-state index is -4.40. The molecule has 1 N–H and O–H groups in total. The number of carbonyl (C=O) groups is 1. The number of anilines is 1. The van der Waals surface area contributed by atoms with Crippen molar-refractivity contribution in [2.24, 2.45) is 0 Å². The zero-order valence-electron chi connectivity index (χ0n) is 11.2. The number of amides is 1. The predicted octanol–water partition coefficient (Wildman–Crippen LogP) is 4.48. The first kappa shape index (κ1) is 16.6. The van der Waals surface area contributed by atoms with Gasteiger partial charge in [-0.25, -0.2) is 0 Å². The van der Waals surface area contributed by atoms with Crippen LogP contribution in [-0.2, 0) is 0 Å². The maximum atomic E-state index is 12.1. The summed E-state index contributed by atoms with van der Waals surface area (Å²) in [6.07, 6.45) is -4.40. The minimum Gasteiger partial charge on any atom is -0.484 e. The van der Waals surface area contributed by atoms with Crippen molar-refractivity contribution >= 4 is 34.2 Å². The van der Waals surface area contributed by atoms with Gasteiger partial charge in [-0.3, -0.25) is 4.79 Å². The Bertz CT molecular complexity index is 657. The average molecular weight is 421 g/mol. The largest absolute Gasteiger partial charge is 0.484 e. The summed E-state index contributed by atoms with van der Waals surface area (Å²) >= 11 is 2.12. The van der Waals surface area contributed by atoms with Gasteiger partial charge in [0.1, 0.15) is 5.75 Å². The Morgan fingerprint density at radius 3 is 2.45 bits per heavy atom. The van der Waals surface area contributed by atoms with E-state index in [9.17, 15) is 18.0 Å². The highest BCUT2D eigenvalue weighted by atomic mass is 127. The molecule has 0 aliphatic rings. The number of hydrogen-bond acceptors (Lipinski definition) is 2. The standard InChI is InChI=1S/C15H11F3INO2/c16-15(17,18)9-22-13-3-1-2-12(8-13)20-14(21)10-4-6-11(19)7-5-10/h1-8H,9H2,(H,20,21). The van der Waals surface area contributed by atoms with Gasteiger partial charge in [-0.1, -0.05) is 6.07 Å². The Kier molecular flexibility index (Phi) is 5.28. The van der Waals surface area contributed by atoms with Crippen LogP contribution in [0.1, 0.15) is 10.4 Å². The molecule has 0 aliphatic carbocycles. The van der Waals surface area contributed by atoms with Gasteiger partial charge in [-0.05, 0) is 59.0 Å². The van der Waals surface area contributed by atoms with Gasteiger partial charge in [0.15, 0.2) is 6.61 Å². The lowest BCUT2D eigenvalue weighted by Gasteiger charge is -2.11. The number of ether oxygens (including phenoxy) is 1. The van der Waals surface area contributed by atoms with Gasteiger partial charge in [0.05, 0.1) is 0 Å². The first-order valence-corrected chi connectivity index (χ1v) is 7.28. The van der Waals surface area contributed by atoms with Crippen molar-refractivity contribution in [1.82, 2.24) is 0 Å². The van der Waals surface area contributed by atoms with E-state index >= 15 is 0 Å². The molecule has 2 rings (SSSR count). The van der Waals surface area contributed by atoms with Gasteiger partial charge in [0, 0.05) is 20.9 Å². The molecule has 2 aromatic rings. The van der Waals surface area contributed by atoms with E-state index in [1.165, 1.54) is 18.2 Å². The third-order valence-electron chi connectivity index (χ3n) is 2.60. The number of alkyl halides is 3. The number of carbonyl (C=O) groups excluding carboxylic acids is 1. The van der Waals surface area contributed by atoms with Gasteiger partial charge in [-0.2, -0.15) is 13.2 Å². The van der Waals surface area contributed by atoms with Crippen LogP contribution in [0.4, 0.5) is 18.9 Å². The van der Waals surface area contributed by atoms with E-state index in [4.69, 9.17) is 0 Å². The van der Waals surface area contributed by atoms with Crippen LogP contribution in [0.5, 0.6) is 5.75 Å². The highest BCUT2D eigenvalue weighted by Crippen LogP contribution is 2.21. The summed E-state index contributed by atoms with van der Waals surface area (Å²) in [6.45, 7) is -1.37. The molecule has 1 amide bonds. The van der Waals surface area contributed by atoms with E-state index in [2.05, 4.69) is 32.6 Å². The highest BCUT2D eigenvalue weighted by Gasteiger charge is 2.28. The van der Waals surface area contributed by atoms with Crippen LogP contribution in [0.2, 0.25) is 0 Å². The fraction of sp³-hybridized carbons (Fsp3) is 0.133. The summed E-state index contributed by atoms with van der Waals surface area (Å²) in [7, 11) is 0. The molecule has 0 saturated heterocycles. The topological polar surface area (TPSA) is 38.3 Å². The Balaban J connectivity index is 2.03. The molecule has 0 fully saturated rings. The number of nitrogens with one attached hydrogen (secondary N) is 1. The highest BCUT2D eigenvalue weighted by molar-refractivity contribution is 14.1. The first-order valence-electron chi connectivity index (χ1n) is 6.20. The van der Waals surface area contributed by atoms with Crippen molar-refractivity contribution in [2.45, 2.75) is 6.18 Å². The molecule has 0 saturated carbocycles. The van der Waals surface area contributed by atoms with Crippen LogP contribution in [0.25, 0.3) is 0 Å². The maximum absolute atomic E-state index is 12.1. The summed E-state index contributed by atoms with van der Waals surface area (Å²) in [5, 5.41) is 2.61. The first-order chi connectivity index (χ1) is 10.3. The van der Waals surface area contributed by atoms with Crippen LogP contribution in [0, 0.1) is 3.57 Å². The summed E-state index contributed by atoms with van der Waals surface area (Å²) in [4.78, 5) is 12.0. The van der Waals surface area contributed by atoms with E-state index in [1.54, 1.807) is 30.3 Å². The van der Waals surface area contributed by atoms with Crippen molar-refractivity contribution in [2.75, 3.05) is 11.9 Å². The summed E-state index contributed by atoms with van der Waals surface area (Å²) < 4.78 is 42.0. The molecule has 22 heavy (non-hydrogen) atoms. The third kappa shape index (κ3) is 5.21. The van der Waals surface area contributed by atoms with Gasteiger partial charge in [0.2, 0.25) is 0 Å². The zero-order valence-corrected chi connectivity index (χ0v) is 13.3. The molecular weight excluding hydrogens is 410 g/mol. The van der Waals surface area contributed by atoms with Crippen molar-refractivity contribution in [3.63, 3.8) is 0 Å². The third-order valence-corrected chi connectivity index (χ3v) is 3.32. The molecule has 0 spiro atoms. The lowest BCUT2D eigenvalue weighted by atomic mass is 10.2. The molecule has 0 aliphatic heterocycles. The summed E-state index contributed by atoms with van der Waals surface area (Å²) in [5.74, 6) is -0.304.